The molecule has 0 fully saturated rings. The number of guanidine groups is 1. The normalized spacial score (nSPS) is 13.4. The molecule has 0 amide bonds. The van der Waals surface area contributed by atoms with Gasteiger partial charge in [-0.1, -0.05) is 12.6 Å². The summed E-state index contributed by atoms with van der Waals surface area (Å²) in [6, 6.07) is 3.62. The Labute approximate surface area is 230 Å². The van der Waals surface area contributed by atoms with Crippen molar-refractivity contribution in [2.24, 2.45) is 15.9 Å². The van der Waals surface area contributed by atoms with Crippen LogP contribution in [0.5, 0.6) is 0 Å². The molecule has 0 aromatic heterocycles. The first kappa shape index (κ1) is 33.3. The highest BCUT2D eigenvalue weighted by molar-refractivity contribution is 6.12. The van der Waals surface area contributed by atoms with Crippen molar-refractivity contribution in [1.82, 2.24) is 15.8 Å². The van der Waals surface area contributed by atoms with Crippen molar-refractivity contribution >= 4 is 11.7 Å². The van der Waals surface area contributed by atoms with E-state index in [4.69, 9.17) is 5.73 Å². The molecule has 15 heteroatoms. The molecule has 0 saturated carbocycles. The minimum Gasteiger partial charge on any atom is -0.368 e. The summed E-state index contributed by atoms with van der Waals surface area (Å²) in [5.41, 5.74) is 7.20. The van der Waals surface area contributed by atoms with Crippen LogP contribution >= 0.6 is 0 Å². The number of nitrogens with two attached hydrogens (primary N) is 1. The molecule has 0 unspecified atom stereocenters. The number of nitrogens with zero attached hydrogens (tertiary/aromatic N) is 3. The fourth-order valence-corrected chi connectivity index (χ4v) is 3.65. The van der Waals surface area contributed by atoms with Gasteiger partial charge in [0.2, 0.25) is 5.96 Å². The van der Waals surface area contributed by atoms with E-state index in [0.717, 1.165) is 23.1 Å². The molecule has 2 aromatic rings. The van der Waals surface area contributed by atoms with Crippen LogP contribution < -0.4 is 16.6 Å². The molecule has 6 nitrogen and oxygen atoms in total. The molecule has 0 aliphatic heterocycles. The third-order valence-electron chi connectivity index (χ3n) is 5.46. The van der Waals surface area contributed by atoms with Crippen LogP contribution in [-0.4, -0.2) is 29.7 Å². The van der Waals surface area contributed by atoms with Gasteiger partial charge in [-0.05, 0) is 67.8 Å². The van der Waals surface area contributed by atoms with Crippen LogP contribution in [0.4, 0.5) is 39.5 Å². The molecular formula is C26H29F9N6. The largest absolute Gasteiger partial charge is 0.416 e. The van der Waals surface area contributed by atoms with Crippen molar-refractivity contribution in [3.8, 4) is 0 Å². The maximum Gasteiger partial charge on any atom is 0.416 e. The van der Waals surface area contributed by atoms with E-state index in [0.29, 0.717) is 17.7 Å². The van der Waals surface area contributed by atoms with Crippen molar-refractivity contribution in [1.29, 1.82) is 0 Å². The zero-order valence-corrected chi connectivity index (χ0v) is 22.5. The lowest BCUT2D eigenvalue weighted by Crippen LogP contribution is -2.38. The van der Waals surface area contributed by atoms with Gasteiger partial charge in [0.25, 0.3) is 0 Å². The van der Waals surface area contributed by atoms with Crippen molar-refractivity contribution in [2.45, 2.75) is 58.4 Å². The lowest BCUT2D eigenvalue weighted by Gasteiger charge is -2.26. The summed E-state index contributed by atoms with van der Waals surface area (Å²) in [5, 5.41) is 7.98. The molecule has 0 aliphatic rings. The second kappa shape index (κ2) is 12.7. The lowest BCUT2D eigenvalue weighted by atomic mass is 9.96. The maximum absolute atomic E-state index is 13.6. The lowest BCUT2D eigenvalue weighted by molar-refractivity contribution is -0.143. The molecular weight excluding hydrogens is 567 g/mol. The second-order valence-electron chi connectivity index (χ2n) is 9.36. The SMILES string of the molecule is C=C(C)/C(=N\NC(C)C)c1ccc(C(F)(F)F)cc1CN(Cc1cc(C(F)(F)F)cc(C(F)(F)F)c1)/C(N)=N/NC. The van der Waals surface area contributed by atoms with Crippen LogP contribution in [0.15, 0.2) is 58.8 Å². The van der Waals surface area contributed by atoms with Gasteiger partial charge in [0, 0.05) is 31.7 Å². The smallest absolute Gasteiger partial charge is 0.368 e. The van der Waals surface area contributed by atoms with E-state index < -0.39 is 59.8 Å². The summed E-state index contributed by atoms with van der Waals surface area (Å²) in [6.45, 7) is 7.77. The van der Waals surface area contributed by atoms with Gasteiger partial charge in [-0.2, -0.15) is 44.6 Å². The summed E-state index contributed by atoms with van der Waals surface area (Å²) >= 11 is 0. The Morgan fingerprint density at radius 3 is 1.83 bits per heavy atom. The average molecular weight is 597 g/mol. The first-order chi connectivity index (χ1) is 18.7. The number of hydrogen-bond donors (Lipinski definition) is 3. The Kier molecular flexibility index (Phi) is 10.3. The number of allylic oxidation sites excluding steroid dienone is 1. The number of halogens is 9. The Morgan fingerprint density at radius 1 is 0.854 bits per heavy atom. The average Bonchev–Trinajstić information content (AvgIpc) is 2.82. The molecule has 2 aromatic carbocycles. The molecule has 0 radical (unpaired) electrons. The second-order valence-corrected chi connectivity index (χ2v) is 9.36. The van der Waals surface area contributed by atoms with Crippen molar-refractivity contribution < 1.29 is 39.5 Å². The minimum absolute atomic E-state index is 0.0267. The Morgan fingerprint density at radius 2 is 1.39 bits per heavy atom. The Balaban J connectivity index is 2.74. The predicted molar refractivity (Wildman–Crippen MR) is 137 cm³/mol. The van der Waals surface area contributed by atoms with E-state index >= 15 is 0 Å². The topological polar surface area (TPSA) is 78.0 Å². The van der Waals surface area contributed by atoms with Crippen LogP contribution in [-0.2, 0) is 31.6 Å². The molecule has 226 valence electrons. The Bertz CT molecular complexity index is 1260. The molecule has 0 spiro atoms. The number of nitrogens with one attached hydrogen (secondary N) is 2. The molecule has 0 saturated heterocycles. The van der Waals surface area contributed by atoms with Gasteiger partial charge >= 0.3 is 18.5 Å². The van der Waals surface area contributed by atoms with E-state index in [1.165, 1.54) is 7.05 Å². The monoisotopic (exact) mass is 596 g/mol. The number of alkyl halides is 9. The van der Waals surface area contributed by atoms with Gasteiger partial charge in [0.05, 0.1) is 22.4 Å². The van der Waals surface area contributed by atoms with Gasteiger partial charge in [-0.25, -0.2) is 0 Å². The highest BCUT2D eigenvalue weighted by Crippen LogP contribution is 2.37. The molecule has 4 N–H and O–H groups in total. The van der Waals surface area contributed by atoms with Crippen LogP contribution in [0.2, 0.25) is 0 Å². The summed E-state index contributed by atoms with van der Waals surface area (Å²) < 4.78 is 122. The molecule has 41 heavy (non-hydrogen) atoms. The van der Waals surface area contributed by atoms with E-state index in [-0.39, 0.29) is 28.9 Å². The summed E-state index contributed by atoms with van der Waals surface area (Å²) in [7, 11) is 1.33. The predicted octanol–water partition coefficient (Wildman–Crippen LogP) is 6.47. The minimum atomic E-state index is -5.10. The quantitative estimate of drug-likeness (QED) is 0.134. The highest BCUT2D eigenvalue weighted by atomic mass is 19.4. The van der Waals surface area contributed by atoms with E-state index in [9.17, 15) is 39.5 Å². The summed E-state index contributed by atoms with van der Waals surface area (Å²) in [6.07, 6.45) is -15.0. The molecule has 0 atom stereocenters. The van der Waals surface area contributed by atoms with Crippen molar-refractivity contribution in [3.05, 3.63) is 81.9 Å². The summed E-state index contributed by atoms with van der Waals surface area (Å²) in [5.74, 6) is -0.407. The number of hydrazone groups is 2. The molecule has 2 rings (SSSR count). The Hall–Kier alpha value is -3.91. The fraction of sp³-hybridized carbons (Fsp3) is 0.385. The van der Waals surface area contributed by atoms with Gasteiger partial charge in [-0.15, -0.1) is 5.10 Å². The highest BCUT2D eigenvalue weighted by Gasteiger charge is 2.37. The van der Waals surface area contributed by atoms with Crippen LogP contribution in [0.25, 0.3) is 0 Å². The zero-order chi connectivity index (χ0) is 31.3. The zero-order valence-electron chi connectivity index (χ0n) is 22.5. The summed E-state index contributed by atoms with van der Waals surface area (Å²) in [4.78, 5) is 1.04. The first-order valence-corrected chi connectivity index (χ1v) is 12.0. The van der Waals surface area contributed by atoms with E-state index in [1.807, 2.05) is 0 Å². The van der Waals surface area contributed by atoms with Crippen LogP contribution in [0, 0.1) is 0 Å². The van der Waals surface area contributed by atoms with Crippen LogP contribution in [0.3, 0.4) is 0 Å². The maximum atomic E-state index is 13.6. The van der Waals surface area contributed by atoms with Gasteiger partial charge < -0.3 is 21.5 Å². The van der Waals surface area contributed by atoms with Gasteiger partial charge in [0.1, 0.15) is 0 Å². The van der Waals surface area contributed by atoms with Gasteiger partial charge in [-0.3, -0.25) is 0 Å². The molecule has 0 bridgehead atoms. The van der Waals surface area contributed by atoms with Crippen molar-refractivity contribution in [3.63, 3.8) is 0 Å². The van der Waals surface area contributed by atoms with Crippen LogP contribution in [0.1, 0.15) is 54.2 Å². The van der Waals surface area contributed by atoms with Gasteiger partial charge in [0.15, 0.2) is 0 Å². The number of hydrogen-bond acceptors (Lipinski definition) is 4. The third kappa shape index (κ3) is 9.32. The van der Waals surface area contributed by atoms with Crippen molar-refractivity contribution in [2.75, 3.05) is 7.05 Å². The van der Waals surface area contributed by atoms with E-state index in [1.54, 1.807) is 20.8 Å². The van der Waals surface area contributed by atoms with E-state index in [2.05, 4.69) is 27.6 Å². The standard InChI is InChI=1S/C26H29F9N6/c1-14(2)22(39-38-15(3)4)21-7-6-18(24(27,28)29)10-17(21)13-41(23(36)40-37-5)12-16-8-19(25(30,31)32)11-20(9-16)26(33,34)35/h6-11,15,37-38H,1,12-13H2,2-5H3,(H2,36,40)/b39-22+. The first-order valence-electron chi connectivity index (χ1n) is 12.0. The number of benzene rings is 2. The third-order valence-corrected chi connectivity index (χ3v) is 5.46. The number of rotatable bonds is 9. The molecule has 0 heterocycles. The molecule has 0 aliphatic carbocycles. The fourth-order valence-electron chi connectivity index (χ4n) is 3.65.